The molecule has 7 heteroatoms. The molecule has 0 spiro atoms. The molecule has 1 atom stereocenters. The Balaban J connectivity index is 2.65. The van der Waals surface area contributed by atoms with E-state index in [1.165, 1.54) is 6.20 Å². The summed E-state index contributed by atoms with van der Waals surface area (Å²) in [5.41, 5.74) is 0.183. The summed E-state index contributed by atoms with van der Waals surface area (Å²) in [5.74, 6) is -0.101. The summed E-state index contributed by atoms with van der Waals surface area (Å²) in [6.45, 7) is 6.76. The molecule has 1 heterocycles. The zero-order valence-electron chi connectivity index (χ0n) is 12.1. The van der Waals surface area contributed by atoms with Crippen molar-refractivity contribution in [3.63, 3.8) is 0 Å². The zero-order valence-corrected chi connectivity index (χ0v) is 12.1. The third-order valence-corrected chi connectivity index (χ3v) is 2.52. The molecule has 0 saturated carbocycles. The summed E-state index contributed by atoms with van der Waals surface area (Å²) in [7, 11) is 0. The molecule has 1 aromatic heterocycles. The van der Waals surface area contributed by atoms with Gasteiger partial charge in [-0.3, -0.25) is 14.6 Å². The van der Waals surface area contributed by atoms with Gasteiger partial charge < -0.3 is 16.0 Å². The summed E-state index contributed by atoms with van der Waals surface area (Å²) >= 11 is 0. The molecule has 3 N–H and O–H groups in total. The average Bonchev–Trinajstić information content (AvgIpc) is 2.45. The Bertz CT molecular complexity index is 464. The van der Waals surface area contributed by atoms with Crippen LogP contribution in [0, 0.1) is 0 Å². The van der Waals surface area contributed by atoms with Gasteiger partial charge in [0.15, 0.2) is 0 Å². The quantitative estimate of drug-likeness (QED) is 0.677. The van der Waals surface area contributed by atoms with Crippen molar-refractivity contribution in [2.24, 2.45) is 0 Å². The summed E-state index contributed by atoms with van der Waals surface area (Å²) in [4.78, 5) is 31.6. The Kier molecular flexibility index (Phi) is 6.42. The Labute approximate surface area is 118 Å². The lowest BCUT2D eigenvalue weighted by atomic mass is 10.3. The average molecular weight is 279 g/mol. The highest BCUT2D eigenvalue weighted by Crippen LogP contribution is 2.02. The van der Waals surface area contributed by atoms with Crippen LogP contribution in [0.15, 0.2) is 12.4 Å². The van der Waals surface area contributed by atoms with Gasteiger partial charge in [-0.15, -0.1) is 0 Å². The van der Waals surface area contributed by atoms with Gasteiger partial charge in [-0.1, -0.05) is 6.92 Å². The van der Waals surface area contributed by atoms with Crippen LogP contribution in [0.3, 0.4) is 0 Å². The minimum absolute atomic E-state index is 0.183. The Hall–Kier alpha value is -2.18. The van der Waals surface area contributed by atoms with Gasteiger partial charge in [0.25, 0.3) is 5.91 Å². The third kappa shape index (κ3) is 4.83. The lowest BCUT2D eigenvalue weighted by Gasteiger charge is -2.13. The molecule has 1 aromatic rings. The molecular weight excluding hydrogens is 258 g/mol. The number of likely N-dealkylation sites (N-methyl/N-ethyl adjacent to an activating group) is 1. The van der Waals surface area contributed by atoms with Gasteiger partial charge in [0.2, 0.25) is 5.91 Å². The van der Waals surface area contributed by atoms with E-state index < -0.39 is 11.9 Å². The number of anilines is 1. The van der Waals surface area contributed by atoms with Crippen LogP contribution in [-0.2, 0) is 4.79 Å². The smallest absolute Gasteiger partial charge is 0.272 e. The van der Waals surface area contributed by atoms with E-state index in [-0.39, 0.29) is 11.6 Å². The van der Waals surface area contributed by atoms with E-state index in [1.54, 1.807) is 13.1 Å². The number of hydrogen-bond acceptors (Lipinski definition) is 5. The Morgan fingerprint density at radius 2 is 2.05 bits per heavy atom. The van der Waals surface area contributed by atoms with Gasteiger partial charge in [0.05, 0.1) is 12.4 Å². The van der Waals surface area contributed by atoms with Crippen molar-refractivity contribution in [2.75, 3.05) is 18.4 Å². The van der Waals surface area contributed by atoms with E-state index >= 15 is 0 Å². The SMILES string of the molecule is CCCNc1cncc(C(=O)NC(C)C(=O)NCC)n1. The first kappa shape index (κ1) is 15.9. The van der Waals surface area contributed by atoms with Crippen LogP contribution in [0.5, 0.6) is 0 Å². The van der Waals surface area contributed by atoms with Crippen molar-refractivity contribution >= 4 is 17.6 Å². The topological polar surface area (TPSA) is 96.0 Å². The lowest BCUT2D eigenvalue weighted by Crippen LogP contribution is -2.44. The van der Waals surface area contributed by atoms with Crippen molar-refractivity contribution in [3.8, 4) is 0 Å². The zero-order chi connectivity index (χ0) is 15.0. The molecule has 20 heavy (non-hydrogen) atoms. The molecule has 0 bridgehead atoms. The fourth-order valence-corrected chi connectivity index (χ4v) is 1.48. The number of amides is 2. The second-order valence-electron chi connectivity index (χ2n) is 4.31. The van der Waals surface area contributed by atoms with Crippen LogP contribution in [0.2, 0.25) is 0 Å². The molecule has 2 amide bonds. The van der Waals surface area contributed by atoms with Crippen molar-refractivity contribution in [1.82, 2.24) is 20.6 Å². The predicted molar refractivity (Wildman–Crippen MR) is 76.4 cm³/mol. The fraction of sp³-hybridized carbons (Fsp3) is 0.538. The molecule has 0 aromatic carbocycles. The normalized spacial score (nSPS) is 11.6. The summed E-state index contributed by atoms with van der Waals surface area (Å²) in [5, 5.41) is 8.28. The highest BCUT2D eigenvalue weighted by Gasteiger charge is 2.17. The van der Waals surface area contributed by atoms with Gasteiger partial charge >= 0.3 is 0 Å². The number of aromatic nitrogens is 2. The minimum atomic E-state index is -0.614. The number of carbonyl (C=O) groups is 2. The maximum atomic E-state index is 12.0. The van der Waals surface area contributed by atoms with Crippen LogP contribution >= 0.6 is 0 Å². The van der Waals surface area contributed by atoms with Gasteiger partial charge in [-0.25, -0.2) is 4.98 Å². The molecule has 0 saturated heterocycles. The molecule has 1 unspecified atom stereocenters. The lowest BCUT2D eigenvalue weighted by molar-refractivity contribution is -0.122. The number of hydrogen-bond donors (Lipinski definition) is 3. The standard InChI is InChI=1S/C13H21N5O2/c1-4-6-16-11-8-14-7-10(18-11)13(20)17-9(3)12(19)15-5-2/h7-9H,4-6H2,1-3H3,(H,15,19)(H,16,18)(H,17,20). The molecule has 0 radical (unpaired) electrons. The van der Waals surface area contributed by atoms with Gasteiger partial charge in [0.1, 0.15) is 17.6 Å². The maximum absolute atomic E-state index is 12.0. The fourth-order valence-electron chi connectivity index (χ4n) is 1.48. The second kappa shape index (κ2) is 8.08. The molecule has 0 fully saturated rings. The molecule has 110 valence electrons. The number of nitrogens with zero attached hydrogens (tertiary/aromatic N) is 2. The van der Waals surface area contributed by atoms with E-state index in [0.29, 0.717) is 12.4 Å². The van der Waals surface area contributed by atoms with Crippen LogP contribution in [-0.4, -0.2) is 40.9 Å². The first-order valence-electron chi connectivity index (χ1n) is 6.73. The number of nitrogens with one attached hydrogen (secondary N) is 3. The van der Waals surface area contributed by atoms with Crippen LogP contribution in [0.4, 0.5) is 5.82 Å². The third-order valence-electron chi connectivity index (χ3n) is 2.52. The molecule has 0 aliphatic rings. The molecule has 7 nitrogen and oxygen atoms in total. The van der Waals surface area contributed by atoms with E-state index in [1.807, 2.05) is 13.8 Å². The summed E-state index contributed by atoms with van der Waals surface area (Å²) < 4.78 is 0. The van der Waals surface area contributed by atoms with Crippen LogP contribution in [0.1, 0.15) is 37.7 Å². The van der Waals surface area contributed by atoms with E-state index in [9.17, 15) is 9.59 Å². The number of rotatable bonds is 7. The van der Waals surface area contributed by atoms with E-state index in [2.05, 4.69) is 25.9 Å². The highest BCUT2D eigenvalue weighted by atomic mass is 16.2. The van der Waals surface area contributed by atoms with Crippen molar-refractivity contribution in [3.05, 3.63) is 18.1 Å². The van der Waals surface area contributed by atoms with Crippen molar-refractivity contribution in [2.45, 2.75) is 33.2 Å². The molecule has 0 aliphatic carbocycles. The molecule has 1 rings (SSSR count). The highest BCUT2D eigenvalue weighted by molar-refractivity contribution is 5.95. The largest absolute Gasteiger partial charge is 0.369 e. The molecule has 0 aliphatic heterocycles. The molecular formula is C13H21N5O2. The van der Waals surface area contributed by atoms with Crippen LogP contribution in [0.25, 0.3) is 0 Å². The second-order valence-corrected chi connectivity index (χ2v) is 4.31. The summed E-state index contributed by atoms with van der Waals surface area (Å²) in [6, 6.07) is -0.614. The maximum Gasteiger partial charge on any atom is 0.272 e. The Morgan fingerprint density at radius 3 is 2.70 bits per heavy atom. The van der Waals surface area contributed by atoms with Gasteiger partial charge in [-0.05, 0) is 20.3 Å². The van der Waals surface area contributed by atoms with Gasteiger partial charge in [-0.2, -0.15) is 0 Å². The van der Waals surface area contributed by atoms with E-state index in [4.69, 9.17) is 0 Å². The van der Waals surface area contributed by atoms with Crippen molar-refractivity contribution in [1.29, 1.82) is 0 Å². The predicted octanol–water partition coefficient (Wildman–Crippen LogP) is 0.553. The van der Waals surface area contributed by atoms with Gasteiger partial charge in [0, 0.05) is 13.1 Å². The first-order valence-corrected chi connectivity index (χ1v) is 6.73. The Morgan fingerprint density at radius 1 is 1.30 bits per heavy atom. The minimum Gasteiger partial charge on any atom is -0.369 e. The monoisotopic (exact) mass is 279 g/mol. The van der Waals surface area contributed by atoms with Crippen LogP contribution < -0.4 is 16.0 Å². The van der Waals surface area contributed by atoms with E-state index in [0.717, 1.165) is 13.0 Å². The van der Waals surface area contributed by atoms with Crippen molar-refractivity contribution < 1.29 is 9.59 Å². The summed E-state index contributed by atoms with van der Waals surface area (Å²) in [6.07, 6.45) is 3.88. The number of carbonyl (C=O) groups excluding carboxylic acids is 2. The first-order chi connectivity index (χ1) is 9.58.